The minimum absolute atomic E-state index is 0.329. The Balaban J connectivity index is 1.91. The van der Waals surface area contributed by atoms with Crippen LogP contribution in [0, 0.1) is 0 Å². The maximum atomic E-state index is 12.1. The molecule has 7 heteroatoms. The lowest BCUT2D eigenvalue weighted by Crippen LogP contribution is -2.25. The standard InChI is InChI=1S/C21H24ClN3O3/c1-3-11-28-19-10-9-17(22)12-16(19)14-23-25-21(27)13-20(26)24-18-8-6-5-7-15(18)4-2/h5-10,12,14H,3-4,11,13H2,1-2H3,(H,24,26)(H,25,27). The molecule has 0 atom stereocenters. The molecule has 0 unspecified atom stereocenters. The summed E-state index contributed by atoms with van der Waals surface area (Å²) >= 11 is 6.01. The average molecular weight is 402 g/mol. The molecule has 0 aliphatic heterocycles. The summed E-state index contributed by atoms with van der Waals surface area (Å²) in [7, 11) is 0. The molecule has 0 fully saturated rings. The number of hydrogen-bond donors (Lipinski definition) is 2. The fourth-order valence-electron chi connectivity index (χ4n) is 2.47. The Morgan fingerprint density at radius 1 is 1.14 bits per heavy atom. The molecular formula is C21H24ClN3O3. The number of benzene rings is 2. The van der Waals surface area contributed by atoms with Crippen molar-refractivity contribution in [1.29, 1.82) is 0 Å². The fraction of sp³-hybridized carbons (Fsp3) is 0.286. The number of hydrogen-bond acceptors (Lipinski definition) is 4. The number of amides is 2. The second-order valence-electron chi connectivity index (χ2n) is 6.06. The topological polar surface area (TPSA) is 79.8 Å². The summed E-state index contributed by atoms with van der Waals surface area (Å²) in [4.78, 5) is 24.0. The Morgan fingerprint density at radius 3 is 2.68 bits per heavy atom. The van der Waals surface area contributed by atoms with Gasteiger partial charge in [-0.2, -0.15) is 5.10 Å². The molecule has 2 amide bonds. The molecule has 0 spiro atoms. The molecule has 28 heavy (non-hydrogen) atoms. The van der Waals surface area contributed by atoms with Gasteiger partial charge in [-0.25, -0.2) is 5.43 Å². The van der Waals surface area contributed by atoms with E-state index < -0.39 is 11.8 Å². The molecule has 6 nitrogen and oxygen atoms in total. The molecule has 2 aromatic carbocycles. The highest BCUT2D eigenvalue weighted by atomic mass is 35.5. The first-order valence-electron chi connectivity index (χ1n) is 9.15. The van der Waals surface area contributed by atoms with Crippen LogP contribution in [0.5, 0.6) is 5.75 Å². The monoisotopic (exact) mass is 401 g/mol. The number of aryl methyl sites for hydroxylation is 1. The zero-order chi connectivity index (χ0) is 20.4. The predicted octanol–water partition coefficient (Wildman–Crippen LogP) is 4.17. The normalized spacial score (nSPS) is 10.7. The second-order valence-corrected chi connectivity index (χ2v) is 6.50. The average Bonchev–Trinajstić information content (AvgIpc) is 2.67. The van der Waals surface area contributed by atoms with E-state index in [4.69, 9.17) is 16.3 Å². The van der Waals surface area contributed by atoms with E-state index in [9.17, 15) is 9.59 Å². The predicted molar refractivity (Wildman–Crippen MR) is 112 cm³/mol. The summed E-state index contributed by atoms with van der Waals surface area (Å²) in [5.41, 5.74) is 4.71. The van der Waals surface area contributed by atoms with Gasteiger partial charge < -0.3 is 10.1 Å². The van der Waals surface area contributed by atoms with E-state index in [1.807, 2.05) is 38.1 Å². The number of carbonyl (C=O) groups excluding carboxylic acids is 2. The van der Waals surface area contributed by atoms with Crippen LogP contribution in [0.3, 0.4) is 0 Å². The van der Waals surface area contributed by atoms with Gasteiger partial charge in [0.25, 0.3) is 0 Å². The number of para-hydroxylation sites is 1. The molecule has 0 aliphatic carbocycles. The van der Waals surface area contributed by atoms with Gasteiger partial charge in [-0.1, -0.05) is 43.6 Å². The van der Waals surface area contributed by atoms with Gasteiger partial charge >= 0.3 is 0 Å². The first-order chi connectivity index (χ1) is 13.5. The van der Waals surface area contributed by atoms with Crippen LogP contribution in [-0.4, -0.2) is 24.6 Å². The number of rotatable bonds is 9. The van der Waals surface area contributed by atoms with Crippen molar-refractivity contribution in [2.45, 2.75) is 33.1 Å². The van der Waals surface area contributed by atoms with E-state index in [1.165, 1.54) is 6.21 Å². The Hall–Kier alpha value is -2.86. The van der Waals surface area contributed by atoms with E-state index in [2.05, 4.69) is 15.8 Å². The molecule has 0 bridgehead atoms. The van der Waals surface area contributed by atoms with Crippen LogP contribution in [0.25, 0.3) is 0 Å². The molecule has 148 valence electrons. The maximum absolute atomic E-state index is 12.1. The number of ether oxygens (including phenoxy) is 1. The number of nitrogens with zero attached hydrogens (tertiary/aromatic N) is 1. The summed E-state index contributed by atoms with van der Waals surface area (Å²) in [6.45, 7) is 4.57. The van der Waals surface area contributed by atoms with E-state index in [1.54, 1.807) is 18.2 Å². The summed E-state index contributed by atoms with van der Waals surface area (Å²) in [6, 6.07) is 12.6. The third-order valence-corrected chi connectivity index (χ3v) is 4.05. The van der Waals surface area contributed by atoms with Gasteiger partial charge in [-0.15, -0.1) is 0 Å². The number of carbonyl (C=O) groups is 2. The van der Waals surface area contributed by atoms with Crippen LogP contribution in [0.2, 0.25) is 5.02 Å². The third-order valence-electron chi connectivity index (χ3n) is 3.82. The largest absolute Gasteiger partial charge is 0.493 e. The minimum atomic E-state index is -0.513. The molecule has 0 aromatic heterocycles. The van der Waals surface area contributed by atoms with E-state index in [-0.39, 0.29) is 6.42 Å². The lowest BCUT2D eigenvalue weighted by atomic mass is 10.1. The Labute approximate surface area is 169 Å². The van der Waals surface area contributed by atoms with Gasteiger partial charge in [-0.05, 0) is 42.7 Å². The van der Waals surface area contributed by atoms with Crippen LogP contribution in [0.4, 0.5) is 5.69 Å². The van der Waals surface area contributed by atoms with Crippen molar-refractivity contribution < 1.29 is 14.3 Å². The van der Waals surface area contributed by atoms with Crippen molar-refractivity contribution in [2.24, 2.45) is 5.10 Å². The van der Waals surface area contributed by atoms with Crippen molar-refractivity contribution in [3.05, 3.63) is 58.6 Å². The molecule has 0 aliphatic rings. The van der Waals surface area contributed by atoms with Crippen LogP contribution in [-0.2, 0) is 16.0 Å². The number of hydrazone groups is 1. The molecule has 2 rings (SSSR count). The van der Waals surface area contributed by atoms with Crippen LogP contribution in [0.15, 0.2) is 47.6 Å². The fourth-order valence-corrected chi connectivity index (χ4v) is 2.65. The summed E-state index contributed by atoms with van der Waals surface area (Å²) in [5.74, 6) is -0.290. The molecule has 0 saturated heterocycles. The second kappa shape index (κ2) is 11.1. The maximum Gasteiger partial charge on any atom is 0.249 e. The highest BCUT2D eigenvalue weighted by Gasteiger charge is 2.11. The molecule has 0 radical (unpaired) electrons. The van der Waals surface area contributed by atoms with Crippen molar-refractivity contribution in [1.82, 2.24) is 5.43 Å². The van der Waals surface area contributed by atoms with Gasteiger partial charge in [0.2, 0.25) is 11.8 Å². The zero-order valence-electron chi connectivity index (χ0n) is 16.0. The van der Waals surface area contributed by atoms with Crippen LogP contribution in [0.1, 0.15) is 37.8 Å². The SMILES string of the molecule is CCCOc1ccc(Cl)cc1C=NNC(=O)CC(=O)Nc1ccccc1CC. The Morgan fingerprint density at radius 2 is 1.93 bits per heavy atom. The molecule has 0 heterocycles. The smallest absolute Gasteiger partial charge is 0.249 e. The Kier molecular flexibility index (Phi) is 8.49. The van der Waals surface area contributed by atoms with Gasteiger partial charge in [0.05, 0.1) is 12.8 Å². The van der Waals surface area contributed by atoms with Crippen LogP contribution < -0.4 is 15.5 Å². The van der Waals surface area contributed by atoms with Crippen molar-refractivity contribution in [3.63, 3.8) is 0 Å². The summed E-state index contributed by atoms with van der Waals surface area (Å²) < 4.78 is 5.62. The van der Waals surface area contributed by atoms with Gasteiger partial charge in [0, 0.05) is 16.3 Å². The molecule has 2 N–H and O–H groups in total. The summed E-state index contributed by atoms with van der Waals surface area (Å²) in [5, 5.41) is 7.19. The van der Waals surface area contributed by atoms with Gasteiger partial charge in [0.15, 0.2) is 0 Å². The first kappa shape index (κ1) is 21.4. The zero-order valence-corrected chi connectivity index (χ0v) is 16.8. The number of anilines is 1. The lowest BCUT2D eigenvalue weighted by Gasteiger charge is -2.09. The van der Waals surface area contributed by atoms with E-state index in [0.29, 0.717) is 28.6 Å². The number of halogens is 1. The highest BCUT2D eigenvalue weighted by molar-refractivity contribution is 6.30. The van der Waals surface area contributed by atoms with Gasteiger partial charge in [0.1, 0.15) is 12.2 Å². The number of nitrogens with one attached hydrogen (secondary N) is 2. The quantitative estimate of drug-likeness (QED) is 0.376. The summed E-state index contributed by atoms with van der Waals surface area (Å²) in [6.07, 6.45) is 2.77. The van der Waals surface area contributed by atoms with Crippen molar-refractivity contribution >= 4 is 35.3 Å². The Bertz CT molecular complexity index is 853. The minimum Gasteiger partial charge on any atom is -0.493 e. The molecule has 2 aromatic rings. The van der Waals surface area contributed by atoms with E-state index in [0.717, 1.165) is 18.4 Å². The lowest BCUT2D eigenvalue weighted by molar-refractivity contribution is -0.126. The van der Waals surface area contributed by atoms with E-state index >= 15 is 0 Å². The van der Waals surface area contributed by atoms with Crippen LogP contribution >= 0.6 is 11.6 Å². The highest BCUT2D eigenvalue weighted by Crippen LogP contribution is 2.21. The van der Waals surface area contributed by atoms with Gasteiger partial charge in [-0.3, -0.25) is 9.59 Å². The van der Waals surface area contributed by atoms with Crippen molar-refractivity contribution in [3.8, 4) is 5.75 Å². The van der Waals surface area contributed by atoms with Crippen molar-refractivity contribution in [2.75, 3.05) is 11.9 Å². The first-order valence-corrected chi connectivity index (χ1v) is 9.53. The molecule has 0 saturated carbocycles. The molecular weight excluding hydrogens is 378 g/mol. The third kappa shape index (κ3) is 6.70.